The summed E-state index contributed by atoms with van der Waals surface area (Å²) in [4.78, 5) is 18.5. The topological polar surface area (TPSA) is 84.4 Å². The number of guanidine groups is 1. The Balaban J connectivity index is 0.00000450. The maximum atomic E-state index is 12.0. The number of benzene rings is 1. The van der Waals surface area contributed by atoms with E-state index in [2.05, 4.69) is 20.5 Å². The molecule has 0 aliphatic carbocycles. The molecule has 1 aromatic rings. The first-order valence-corrected chi connectivity index (χ1v) is 10.0. The molecule has 2 N–H and O–H groups in total. The van der Waals surface area contributed by atoms with Crippen LogP contribution in [0.2, 0.25) is 0 Å². The molecular formula is C21H35IN4O4. The van der Waals surface area contributed by atoms with Gasteiger partial charge in [-0.15, -0.1) is 24.0 Å². The number of hydrogen-bond donors (Lipinski definition) is 2. The number of aliphatic imine (C=N–C) groups is 1. The van der Waals surface area contributed by atoms with Crippen LogP contribution in [0.5, 0.6) is 11.5 Å². The minimum atomic E-state index is -0.501. The normalized spacial score (nSPS) is 16.5. The van der Waals surface area contributed by atoms with E-state index in [0.29, 0.717) is 25.4 Å². The van der Waals surface area contributed by atoms with Crippen LogP contribution in [-0.4, -0.2) is 62.4 Å². The lowest BCUT2D eigenvalue weighted by atomic mass is 10.2. The Morgan fingerprint density at radius 2 is 2.03 bits per heavy atom. The number of likely N-dealkylation sites (tertiary alicyclic amines) is 1. The lowest BCUT2D eigenvalue weighted by molar-refractivity contribution is 0.0507. The Bertz CT molecular complexity index is 721. The van der Waals surface area contributed by atoms with Gasteiger partial charge in [-0.25, -0.2) is 4.79 Å². The van der Waals surface area contributed by atoms with Gasteiger partial charge in [-0.3, -0.25) is 4.99 Å². The van der Waals surface area contributed by atoms with Crippen molar-refractivity contribution in [1.29, 1.82) is 0 Å². The number of hydrogen-bond acceptors (Lipinski definition) is 5. The zero-order chi connectivity index (χ0) is 21.4. The number of halogens is 1. The SMILES string of the molecule is CCOc1ccc(CNC(=NC)N2CCC(NC(=O)OC(C)(C)C)C2)cc1OC.I. The van der Waals surface area contributed by atoms with Gasteiger partial charge in [0, 0.05) is 26.7 Å². The van der Waals surface area contributed by atoms with Crippen molar-refractivity contribution in [3.05, 3.63) is 23.8 Å². The number of amides is 1. The summed E-state index contributed by atoms with van der Waals surface area (Å²) in [6.45, 7) is 10.2. The maximum Gasteiger partial charge on any atom is 0.407 e. The van der Waals surface area contributed by atoms with Gasteiger partial charge in [-0.05, 0) is 51.8 Å². The molecule has 1 unspecified atom stereocenters. The van der Waals surface area contributed by atoms with Crippen molar-refractivity contribution >= 4 is 36.0 Å². The molecule has 1 fully saturated rings. The molecule has 1 atom stereocenters. The van der Waals surface area contributed by atoms with E-state index in [1.807, 2.05) is 45.9 Å². The molecule has 1 saturated heterocycles. The molecule has 1 amide bonds. The fourth-order valence-electron chi connectivity index (χ4n) is 3.15. The zero-order valence-corrected chi connectivity index (χ0v) is 21.1. The highest BCUT2D eigenvalue weighted by Gasteiger charge is 2.27. The van der Waals surface area contributed by atoms with E-state index in [1.165, 1.54) is 0 Å². The number of rotatable bonds is 6. The first-order valence-electron chi connectivity index (χ1n) is 10.0. The monoisotopic (exact) mass is 534 g/mol. The second kappa shape index (κ2) is 12.1. The highest BCUT2D eigenvalue weighted by molar-refractivity contribution is 14.0. The van der Waals surface area contributed by atoms with E-state index >= 15 is 0 Å². The van der Waals surface area contributed by atoms with Crippen LogP contribution in [0.15, 0.2) is 23.2 Å². The van der Waals surface area contributed by atoms with Gasteiger partial charge in [0.25, 0.3) is 0 Å². The molecule has 1 aromatic carbocycles. The summed E-state index contributed by atoms with van der Waals surface area (Å²) in [6, 6.07) is 5.92. The fraction of sp³-hybridized carbons (Fsp3) is 0.619. The lowest BCUT2D eigenvalue weighted by Gasteiger charge is -2.23. The molecule has 9 heteroatoms. The zero-order valence-electron chi connectivity index (χ0n) is 18.8. The second-order valence-corrected chi connectivity index (χ2v) is 7.90. The van der Waals surface area contributed by atoms with Gasteiger partial charge in [-0.1, -0.05) is 6.07 Å². The average molecular weight is 534 g/mol. The van der Waals surface area contributed by atoms with Crippen molar-refractivity contribution in [2.75, 3.05) is 33.9 Å². The molecule has 1 heterocycles. The summed E-state index contributed by atoms with van der Waals surface area (Å²) < 4.78 is 16.3. The van der Waals surface area contributed by atoms with E-state index in [1.54, 1.807) is 14.2 Å². The highest BCUT2D eigenvalue weighted by Crippen LogP contribution is 2.28. The third-order valence-electron chi connectivity index (χ3n) is 4.40. The highest BCUT2D eigenvalue weighted by atomic mass is 127. The van der Waals surface area contributed by atoms with Crippen LogP contribution in [0.3, 0.4) is 0 Å². The number of nitrogens with one attached hydrogen (secondary N) is 2. The summed E-state index contributed by atoms with van der Waals surface area (Å²) in [5.74, 6) is 2.24. The van der Waals surface area contributed by atoms with Crippen LogP contribution in [0.4, 0.5) is 4.79 Å². The van der Waals surface area contributed by atoms with Crippen molar-refractivity contribution in [1.82, 2.24) is 15.5 Å². The minimum absolute atomic E-state index is 0. The summed E-state index contributed by atoms with van der Waals surface area (Å²) >= 11 is 0. The largest absolute Gasteiger partial charge is 0.493 e. The quantitative estimate of drug-likeness (QED) is 0.331. The Kier molecular flexibility index (Phi) is 10.5. The standard InChI is InChI=1S/C21H34N4O4.HI/c1-7-28-17-9-8-15(12-18(17)27-6)13-23-19(22-5)25-11-10-16(14-25)24-20(26)29-21(2,3)4;/h8-9,12,16H,7,10-11,13-14H2,1-6H3,(H,22,23)(H,24,26);1H. The first-order chi connectivity index (χ1) is 13.8. The molecule has 0 saturated carbocycles. The first kappa shape index (κ1) is 26.1. The smallest absolute Gasteiger partial charge is 0.407 e. The van der Waals surface area contributed by atoms with E-state index in [0.717, 1.165) is 30.2 Å². The molecule has 8 nitrogen and oxygen atoms in total. The van der Waals surface area contributed by atoms with Gasteiger partial charge in [0.1, 0.15) is 5.60 Å². The summed E-state index contributed by atoms with van der Waals surface area (Å²) in [7, 11) is 3.39. The van der Waals surface area contributed by atoms with Crippen LogP contribution >= 0.6 is 24.0 Å². The van der Waals surface area contributed by atoms with Gasteiger partial charge < -0.3 is 29.7 Å². The van der Waals surface area contributed by atoms with Crippen molar-refractivity contribution < 1.29 is 19.0 Å². The Morgan fingerprint density at radius 1 is 1.30 bits per heavy atom. The van der Waals surface area contributed by atoms with Crippen molar-refractivity contribution in [2.24, 2.45) is 4.99 Å². The molecular weight excluding hydrogens is 499 g/mol. The molecule has 0 bridgehead atoms. The predicted molar refractivity (Wildman–Crippen MR) is 129 cm³/mol. The third kappa shape index (κ3) is 8.08. The molecule has 0 spiro atoms. The number of alkyl carbamates (subject to hydrolysis) is 1. The van der Waals surface area contributed by atoms with Crippen molar-refractivity contribution in [2.45, 2.75) is 52.3 Å². The van der Waals surface area contributed by atoms with Gasteiger partial charge in [0.05, 0.1) is 19.8 Å². The minimum Gasteiger partial charge on any atom is -0.493 e. The molecule has 0 aromatic heterocycles. The van der Waals surface area contributed by atoms with Crippen LogP contribution in [0.1, 0.15) is 39.7 Å². The third-order valence-corrected chi connectivity index (χ3v) is 4.40. The Morgan fingerprint density at radius 3 is 2.63 bits per heavy atom. The number of carbonyl (C=O) groups excluding carboxylic acids is 1. The number of carbonyl (C=O) groups is 1. The van der Waals surface area contributed by atoms with Gasteiger partial charge in [-0.2, -0.15) is 0 Å². The summed E-state index contributed by atoms with van der Waals surface area (Å²) in [5.41, 5.74) is 0.563. The molecule has 170 valence electrons. The van der Waals surface area contributed by atoms with E-state index < -0.39 is 5.60 Å². The molecule has 1 aliphatic rings. The number of nitrogens with zero attached hydrogens (tertiary/aromatic N) is 2. The second-order valence-electron chi connectivity index (χ2n) is 7.90. The van der Waals surface area contributed by atoms with Crippen LogP contribution in [-0.2, 0) is 11.3 Å². The fourth-order valence-corrected chi connectivity index (χ4v) is 3.15. The van der Waals surface area contributed by atoms with Gasteiger partial charge in [0.15, 0.2) is 17.5 Å². The van der Waals surface area contributed by atoms with Gasteiger partial charge in [0.2, 0.25) is 0 Å². The van der Waals surface area contributed by atoms with E-state index in [-0.39, 0.29) is 36.1 Å². The number of ether oxygens (including phenoxy) is 3. The predicted octanol–water partition coefficient (Wildman–Crippen LogP) is 3.39. The summed E-state index contributed by atoms with van der Waals surface area (Å²) in [5, 5.41) is 6.31. The van der Waals surface area contributed by atoms with Crippen molar-refractivity contribution in [3.63, 3.8) is 0 Å². The Hall–Kier alpha value is -1.91. The van der Waals surface area contributed by atoms with Gasteiger partial charge >= 0.3 is 6.09 Å². The van der Waals surface area contributed by atoms with Crippen LogP contribution < -0.4 is 20.1 Å². The lowest BCUT2D eigenvalue weighted by Crippen LogP contribution is -2.44. The molecule has 30 heavy (non-hydrogen) atoms. The van der Waals surface area contributed by atoms with Crippen LogP contribution in [0, 0.1) is 0 Å². The Labute approximate surface area is 196 Å². The number of methoxy groups -OCH3 is 1. The molecule has 1 aliphatic heterocycles. The molecule has 2 rings (SSSR count). The van der Waals surface area contributed by atoms with E-state index in [4.69, 9.17) is 14.2 Å². The average Bonchev–Trinajstić information content (AvgIpc) is 3.10. The van der Waals surface area contributed by atoms with E-state index in [9.17, 15) is 4.79 Å². The summed E-state index contributed by atoms with van der Waals surface area (Å²) in [6.07, 6.45) is 0.463. The molecule has 0 radical (unpaired) electrons. The van der Waals surface area contributed by atoms with Crippen LogP contribution in [0.25, 0.3) is 0 Å². The van der Waals surface area contributed by atoms with Crippen molar-refractivity contribution in [3.8, 4) is 11.5 Å². The maximum absolute atomic E-state index is 12.0.